The second kappa shape index (κ2) is 7.17. The van der Waals surface area contributed by atoms with Crippen LogP contribution in [0.3, 0.4) is 0 Å². The van der Waals surface area contributed by atoms with Crippen LogP contribution in [0.15, 0.2) is 48.9 Å². The summed E-state index contributed by atoms with van der Waals surface area (Å²) in [6.45, 7) is 3.28. The molecule has 3 rings (SSSR count). The van der Waals surface area contributed by atoms with Crippen molar-refractivity contribution in [2.75, 3.05) is 18.4 Å². The average Bonchev–Trinajstić information content (AvgIpc) is 2.89. The van der Waals surface area contributed by atoms with Crippen LogP contribution in [0.25, 0.3) is 10.9 Å². The predicted molar refractivity (Wildman–Crippen MR) is 97.1 cm³/mol. The van der Waals surface area contributed by atoms with Crippen LogP contribution < -0.4 is 10.6 Å². The third-order valence-electron chi connectivity index (χ3n) is 4.11. The molecule has 0 saturated heterocycles. The highest BCUT2D eigenvalue weighted by atomic mass is 16.1. The van der Waals surface area contributed by atoms with E-state index >= 15 is 0 Å². The Hall–Kier alpha value is -2.82. The SMILES string of the molecule is Cc1cnccc1NCCNC(=O)Cc1cn(C)c2ccccc12. The normalized spacial score (nSPS) is 10.8. The standard InChI is InChI=1S/C19H22N4O/c1-14-12-20-8-7-17(14)21-9-10-22-19(24)11-15-13-23(2)18-6-4-3-5-16(15)18/h3-8,12-13H,9-11H2,1-2H3,(H,20,21)(H,22,24). The summed E-state index contributed by atoms with van der Waals surface area (Å²) in [6.07, 6.45) is 6.01. The average molecular weight is 322 g/mol. The first kappa shape index (κ1) is 16.1. The number of carbonyl (C=O) groups is 1. The molecular weight excluding hydrogens is 300 g/mol. The quantitative estimate of drug-likeness (QED) is 0.686. The highest BCUT2D eigenvalue weighted by molar-refractivity contribution is 5.89. The van der Waals surface area contributed by atoms with Crippen LogP contribution in [-0.2, 0) is 18.3 Å². The molecule has 2 N–H and O–H groups in total. The van der Waals surface area contributed by atoms with Crippen LogP contribution in [-0.4, -0.2) is 28.5 Å². The van der Waals surface area contributed by atoms with Crippen LogP contribution >= 0.6 is 0 Å². The van der Waals surface area contributed by atoms with Gasteiger partial charge in [-0.05, 0) is 30.2 Å². The van der Waals surface area contributed by atoms with E-state index < -0.39 is 0 Å². The van der Waals surface area contributed by atoms with Gasteiger partial charge in [0.2, 0.25) is 5.91 Å². The molecule has 5 heteroatoms. The van der Waals surface area contributed by atoms with E-state index in [4.69, 9.17) is 0 Å². The zero-order valence-corrected chi connectivity index (χ0v) is 14.0. The number of hydrogen-bond donors (Lipinski definition) is 2. The van der Waals surface area contributed by atoms with Crippen LogP contribution in [0.4, 0.5) is 5.69 Å². The van der Waals surface area contributed by atoms with E-state index in [-0.39, 0.29) is 5.91 Å². The van der Waals surface area contributed by atoms with Gasteiger partial charge in [0.05, 0.1) is 6.42 Å². The second-order valence-corrected chi connectivity index (χ2v) is 5.93. The number of benzene rings is 1. The fourth-order valence-electron chi connectivity index (χ4n) is 2.87. The highest BCUT2D eigenvalue weighted by Crippen LogP contribution is 2.20. The molecule has 24 heavy (non-hydrogen) atoms. The van der Waals surface area contributed by atoms with E-state index in [0.29, 0.717) is 19.5 Å². The molecule has 0 aliphatic rings. The second-order valence-electron chi connectivity index (χ2n) is 5.93. The number of nitrogens with zero attached hydrogens (tertiary/aromatic N) is 2. The molecule has 3 aromatic rings. The number of hydrogen-bond acceptors (Lipinski definition) is 3. The van der Waals surface area contributed by atoms with Crippen LogP contribution in [0, 0.1) is 6.92 Å². The van der Waals surface area contributed by atoms with Crippen molar-refractivity contribution in [3.8, 4) is 0 Å². The van der Waals surface area contributed by atoms with Gasteiger partial charge in [0.1, 0.15) is 0 Å². The van der Waals surface area contributed by atoms with Crippen LogP contribution in [0.1, 0.15) is 11.1 Å². The number of fused-ring (bicyclic) bond motifs is 1. The minimum atomic E-state index is 0.0413. The Morgan fingerprint density at radius 2 is 2.04 bits per heavy atom. The number of rotatable bonds is 6. The Bertz CT molecular complexity index is 853. The number of aryl methyl sites for hydroxylation is 2. The molecule has 0 fully saturated rings. The van der Waals surface area contributed by atoms with Crippen LogP contribution in [0.5, 0.6) is 0 Å². The summed E-state index contributed by atoms with van der Waals surface area (Å²) < 4.78 is 2.06. The summed E-state index contributed by atoms with van der Waals surface area (Å²) >= 11 is 0. The lowest BCUT2D eigenvalue weighted by molar-refractivity contribution is -0.120. The van der Waals surface area contributed by atoms with Gasteiger partial charge in [-0.2, -0.15) is 0 Å². The fourth-order valence-corrected chi connectivity index (χ4v) is 2.87. The van der Waals surface area contributed by atoms with Crippen molar-refractivity contribution in [3.63, 3.8) is 0 Å². The van der Waals surface area contributed by atoms with Crippen molar-refractivity contribution in [2.24, 2.45) is 7.05 Å². The molecular formula is C19H22N4O. The first-order valence-electron chi connectivity index (χ1n) is 8.09. The number of amides is 1. The van der Waals surface area contributed by atoms with Gasteiger partial charge in [-0.15, -0.1) is 0 Å². The smallest absolute Gasteiger partial charge is 0.224 e. The molecule has 0 spiro atoms. The minimum Gasteiger partial charge on any atom is -0.383 e. The summed E-state index contributed by atoms with van der Waals surface area (Å²) in [4.78, 5) is 16.2. The summed E-state index contributed by atoms with van der Waals surface area (Å²) in [5.41, 5.74) is 4.35. The van der Waals surface area contributed by atoms with Crippen molar-refractivity contribution >= 4 is 22.5 Å². The van der Waals surface area contributed by atoms with Crippen LogP contribution in [0.2, 0.25) is 0 Å². The van der Waals surface area contributed by atoms with Crippen molar-refractivity contribution in [1.82, 2.24) is 14.9 Å². The van der Waals surface area contributed by atoms with Gasteiger partial charge >= 0.3 is 0 Å². The zero-order valence-electron chi connectivity index (χ0n) is 14.0. The molecule has 2 aromatic heterocycles. The third-order valence-corrected chi connectivity index (χ3v) is 4.11. The summed E-state index contributed by atoms with van der Waals surface area (Å²) in [6, 6.07) is 10.1. The van der Waals surface area contributed by atoms with Gasteiger partial charge < -0.3 is 15.2 Å². The van der Waals surface area contributed by atoms with E-state index in [1.165, 1.54) is 0 Å². The maximum Gasteiger partial charge on any atom is 0.224 e. The first-order chi connectivity index (χ1) is 11.6. The van der Waals surface area contributed by atoms with E-state index in [2.05, 4.69) is 32.3 Å². The lowest BCUT2D eigenvalue weighted by atomic mass is 10.1. The number of aromatic nitrogens is 2. The zero-order chi connectivity index (χ0) is 16.9. The van der Waals surface area contributed by atoms with Gasteiger partial charge in [-0.25, -0.2) is 0 Å². The van der Waals surface area contributed by atoms with E-state index in [1.54, 1.807) is 6.20 Å². The lowest BCUT2D eigenvalue weighted by Crippen LogP contribution is -2.30. The number of anilines is 1. The molecule has 124 valence electrons. The van der Waals surface area contributed by atoms with Gasteiger partial charge in [0, 0.05) is 55.3 Å². The van der Waals surface area contributed by atoms with E-state index in [0.717, 1.165) is 27.7 Å². The lowest BCUT2D eigenvalue weighted by Gasteiger charge is -2.09. The molecule has 0 aliphatic carbocycles. The van der Waals surface area contributed by atoms with Crippen molar-refractivity contribution in [2.45, 2.75) is 13.3 Å². The molecule has 0 saturated carbocycles. The van der Waals surface area contributed by atoms with Crippen molar-refractivity contribution in [1.29, 1.82) is 0 Å². The van der Waals surface area contributed by atoms with Gasteiger partial charge in [0.25, 0.3) is 0 Å². The number of pyridine rings is 1. The summed E-state index contributed by atoms with van der Waals surface area (Å²) in [5, 5.41) is 7.42. The number of nitrogens with one attached hydrogen (secondary N) is 2. The molecule has 1 aromatic carbocycles. The molecule has 0 bridgehead atoms. The Morgan fingerprint density at radius 3 is 2.88 bits per heavy atom. The molecule has 2 heterocycles. The topological polar surface area (TPSA) is 59.0 Å². The monoisotopic (exact) mass is 322 g/mol. The van der Waals surface area contributed by atoms with Crippen molar-refractivity contribution < 1.29 is 4.79 Å². The molecule has 0 radical (unpaired) electrons. The molecule has 0 aliphatic heterocycles. The number of para-hydroxylation sites is 1. The Labute approximate surface area is 141 Å². The predicted octanol–water partition coefficient (Wildman–Crippen LogP) is 2.65. The largest absolute Gasteiger partial charge is 0.383 e. The van der Waals surface area contributed by atoms with Gasteiger partial charge in [0.15, 0.2) is 0 Å². The molecule has 0 atom stereocenters. The molecule has 0 unspecified atom stereocenters. The fraction of sp³-hybridized carbons (Fsp3) is 0.263. The molecule has 1 amide bonds. The number of carbonyl (C=O) groups excluding carboxylic acids is 1. The Kier molecular flexibility index (Phi) is 4.79. The highest BCUT2D eigenvalue weighted by Gasteiger charge is 2.09. The maximum atomic E-state index is 12.2. The summed E-state index contributed by atoms with van der Waals surface area (Å²) in [7, 11) is 2.00. The Morgan fingerprint density at radius 1 is 1.21 bits per heavy atom. The maximum absolute atomic E-state index is 12.2. The third kappa shape index (κ3) is 3.56. The van der Waals surface area contributed by atoms with E-state index in [1.807, 2.05) is 44.6 Å². The van der Waals surface area contributed by atoms with Gasteiger partial charge in [-0.3, -0.25) is 9.78 Å². The summed E-state index contributed by atoms with van der Waals surface area (Å²) in [5.74, 6) is 0.0413. The van der Waals surface area contributed by atoms with E-state index in [9.17, 15) is 4.79 Å². The van der Waals surface area contributed by atoms with Crippen molar-refractivity contribution in [3.05, 3.63) is 60.0 Å². The minimum absolute atomic E-state index is 0.0413. The first-order valence-corrected chi connectivity index (χ1v) is 8.09. The molecule has 5 nitrogen and oxygen atoms in total. The van der Waals surface area contributed by atoms with Gasteiger partial charge in [-0.1, -0.05) is 18.2 Å². The Balaban J connectivity index is 1.51.